The van der Waals surface area contributed by atoms with E-state index in [1.807, 2.05) is 11.3 Å². The van der Waals surface area contributed by atoms with Crippen LogP contribution in [0, 0.1) is 23.2 Å². The van der Waals surface area contributed by atoms with Crippen molar-refractivity contribution >= 4 is 27.3 Å². The van der Waals surface area contributed by atoms with E-state index in [0.717, 1.165) is 31.2 Å². The SMILES string of the molecule is CC1(C)C[C@H]2CC(=O)[C@@H]1[C@@H](CCc1ccccc1)[C@@H]2c1nc2ccccc2s1. The van der Waals surface area contributed by atoms with E-state index in [1.165, 1.54) is 15.3 Å². The van der Waals surface area contributed by atoms with Crippen molar-refractivity contribution in [2.24, 2.45) is 23.2 Å². The van der Waals surface area contributed by atoms with Crippen molar-refractivity contribution in [3.8, 4) is 0 Å². The zero-order valence-corrected chi connectivity index (χ0v) is 17.4. The summed E-state index contributed by atoms with van der Waals surface area (Å²) in [6, 6.07) is 19.2. The van der Waals surface area contributed by atoms with Crippen LogP contribution in [0.4, 0.5) is 0 Å². The zero-order chi connectivity index (χ0) is 19.3. The van der Waals surface area contributed by atoms with E-state index < -0.39 is 0 Å². The first-order valence-electron chi connectivity index (χ1n) is 10.4. The molecule has 3 aliphatic rings. The molecule has 1 heterocycles. The number of hydrogen-bond donors (Lipinski definition) is 0. The summed E-state index contributed by atoms with van der Waals surface area (Å²) in [6.07, 6.45) is 4.00. The topological polar surface area (TPSA) is 30.0 Å². The van der Waals surface area contributed by atoms with Gasteiger partial charge in [0, 0.05) is 18.3 Å². The van der Waals surface area contributed by atoms with Crippen LogP contribution in [0.25, 0.3) is 10.2 Å². The lowest BCUT2D eigenvalue weighted by Crippen LogP contribution is -2.53. The van der Waals surface area contributed by atoms with E-state index in [0.29, 0.717) is 23.5 Å². The molecule has 0 radical (unpaired) electrons. The minimum absolute atomic E-state index is 0.106. The first-order valence-corrected chi connectivity index (χ1v) is 11.3. The minimum Gasteiger partial charge on any atom is -0.299 e. The number of para-hydroxylation sites is 1. The van der Waals surface area contributed by atoms with Gasteiger partial charge in [0.05, 0.1) is 15.2 Å². The molecular formula is C25H27NOS. The predicted octanol–water partition coefficient (Wildman–Crippen LogP) is 6.26. The molecule has 0 N–H and O–H groups in total. The second-order valence-corrected chi connectivity index (χ2v) is 10.4. The number of rotatable bonds is 4. The third-order valence-corrected chi connectivity index (χ3v) is 8.18. The second-order valence-electron chi connectivity index (χ2n) is 9.33. The highest BCUT2D eigenvalue weighted by Gasteiger charge is 2.56. The van der Waals surface area contributed by atoms with E-state index in [2.05, 4.69) is 68.4 Å². The number of benzene rings is 2. The summed E-state index contributed by atoms with van der Waals surface area (Å²) < 4.78 is 1.27. The zero-order valence-electron chi connectivity index (χ0n) is 16.6. The maximum absolute atomic E-state index is 13.0. The molecule has 6 rings (SSSR count). The standard InChI is InChI=1S/C25H27NOS/c1-25(2)15-17-14-20(27)23(25)18(13-12-16-8-4-3-5-9-16)22(17)24-26-19-10-6-7-11-21(19)28-24/h3-11,17-18,22-23H,12-15H2,1-2H3/t17-,18+,22-,23+/m1/s1. The van der Waals surface area contributed by atoms with E-state index in [9.17, 15) is 4.79 Å². The van der Waals surface area contributed by atoms with Gasteiger partial charge in [-0.3, -0.25) is 4.79 Å². The van der Waals surface area contributed by atoms with Crippen molar-refractivity contribution in [1.82, 2.24) is 4.98 Å². The van der Waals surface area contributed by atoms with Gasteiger partial charge in [0.2, 0.25) is 0 Å². The molecule has 2 bridgehead atoms. The van der Waals surface area contributed by atoms with Crippen LogP contribution in [0.5, 0.6) is 0 Å². The van der Waals surface area contributed by atoms with Crippen LogP contribution < -0.4 is 0 Å². The van der Waals surface area contributed by atoms with Gasteiger partial charge in [-0.2, -0.15) is 0 Å². The smallest absolute Gasteiger partial charge is 0.137 e. The Hall–Kier alpha value is -2.00. The van der Waals surface area contributed by atoms with Crippen LogP contribution in [-0.2, 0) is 11.2 Å². The molecule has 2 aromatic carbocycles. The highest BCUT2D eigenvalue weighted by molar-refractivity contribution is 7.18. The molecule has 3 fully saturated rings. The van der Waals surface area contributed by atoms with Crippen LogP contribution in [0.3, 0.4) is 0 Å². The van der Waals surface area contributed by atoms with Crippen molar-refractivity contribution in [3.63, 3.8) is 0 Å². The quantitative estimate of drug-likeness (QED) is 0.527. The predicted molar refractivity (Wildman–Crippen MR) is 116 cm³/mol. The average molecular weight is 390 g/mol. The molecule has 2 nitrogen and oxygen atoms in total. The van der Waals surface area contributed by atoms with Gasteiger partial charge in [0.25, 0.3) is 0 Å². The molecule has 0 spiro atoms. The number of fused-ring (bicyclic) bond motifs is 4. The van der Waals surface area contributed by atoms with Gasteiger partial charge in [0.1, 0.15) is 5.78 Å². The Morgan fingerprint density at radius 3 is 2.57 bits per heavy atom. The van der Waals surface area contributed by atoms with Crippen LogP contribution in [0.2, 0.25) is 0 Å². The largest absolute Gasteiger partial charge is 0.299 e. The number of carbonyl (C=O) groups excluding carboxylic acids is 1. The second kappa shape index (κ2) is 6.81. The van der Waals surface area contributed by atoms with E-state index in [4.69, 9.17) is 4.98 Å². The summed E-state index contributed by atoms with van der Waals surface area (Å²) in [5, 5.41) is 1.26. The molecule has 3 aromatic rings. The molecule has 144 valence electrons. The van der Waals surface area contributed by atoms with E-state index >= 15 is 0 Å². The van der Waals surface area contributed by atoms with Crippen LogP contribution in [0.1, 0.15) is 49.6 Å². The summed E-state index contributed by atoms with van der Waals surface area (Å²) in [4.78, 5) is 18.1. The Bertz CT molecular complexity index is 973. The first-order chi connectivity index (χ1) is 13.5. The fourth-order valence-corrected chi connectivity index (χ4v) is 7.30. The lowest BCUT2D eigenvalue weighted by Gasteiger charge is -2.55. The summed E-state index contributed by atoms with van der Waals surface area (Å²) >= 11 is 1.85. The third kappa shape index (κ3) is 3.00. The number of aromatic nitrogens is 1. The van der Waals surface area contributed by atoms with Crippen molar-refractivity contribution in [3.05, 3.63) is 65.2 Å². The van der Waals surface area contributed by atoms with Gasteiger partial charge in [-0.15, -0.1) is 11.3 Å². The van der Waals surface area contributed by atoms with Crippen molar-refractivity contribution in [1.29, 1.82) is 0 Å². The fourth-order valence-electron chi connectivity index (χ4n) is 6.07. The van der Waals surface area contributed by atoms with E-state index in [-0.39, 0.29) is 11.3 Å². The van der Waals surface area contributed by atoms with Crippen LogP contribution in [0.15, 0.2) is 54.6 Å². The number of ketones is 1. The van der Waals surface area contributed by atoms with Crippen LogP contribution >= 0.6 is 11.3 Å². The summed E-state index contributed by atoms with van der Waals surface area (Å²) in [5.74, 6) is 1.93. The van der Waals surface area contributed by atoms with Crippen molar-refractivity contribution in [2.45, 2.75) is 45.4 Å². The Labute approximate surface area is 171 Å². The van der Waals surface area contributed by atoms with Crippen molar-refractivity contribution in [2.75, 3.05) is 0 Å². The summed E-state index contributed by atoms with van der Waals surface area (Å²) in [7, 11) is 0. The number of Topliss-reactive ketones (excluding diaryl/α,β-unsaturated/α-hetero) is 1. The Morgan fingerprint density at radius 1 is 1.07 bits per heavy atom. The number of aryl methyl sites for hydroxylation is 1. The molecule has 28 heavy (non-hydrogen) atoms. The summed E-state index contributed by atoms with van der Waals surface area (Å²) in [6.45, 7) is 4.62. The number of hydrogen-bond acceptors (Lipinski definition) is 3. The number of nitrogens with zero attached hydrogens (tertiary/aromatic N) is 1. The third-order valence-electron chi connectivity index (χ3n) is 7.04. The molecule has 0 amide bonds. The normalized spacial score (nSPS) is 28.7. The summed E-state index contributed by atoms with van der Waals surface area (Å²) in [5.41, 5.74) is 2.59. The average Bonchev–Trinajstić information content (AvgIpc) is 3.09. The Balaban J connectivity index is 1.52. The fraction of sp³-hybridized carbons (Fsp3) is 0.440. The molecular weight excluding hydrogens is 362 g/mol. The van der Waals surface area contributed by atoms with Gasteiger partial charge in [-0.1, -0.05) is 56.3 Å². The Kier molecular flexibility index (Phi) is 4.39. The molecule has 3 saturated carbocycles. The number of thiazole rings is 1. The highest BCUT2D eigenvalue weighted by Crippen LogP contribution is 2.60. The molecule has 1 aromatic heterocycles. The lowest BCUT2D eigenvalue weighted by molar-refractivity contribution is -0.145. The van der Waals surface area contributed by atoms with Gasteiger partial charge in [0.15, 0.2) is 0 Å². The minimum atomic E-state index is 0.106. The lowest BCUT2D eigenvalue weighted by atomic mass is 9.48. The van der Waals surface area contributed by atoms with Gasteiger partial charge in [-0.25, -0.2) is 4.98 Å². The van der Waals surface area contributed by atoms with Gasteiger partial charge >= 0.3 is 0 Å². The molecule has 0 saturated heterocycles. The van der Waals surface area contributed by atoms with E-state index in [1.54, 1.807) is 0 Å². The maximum Gasteiger partial charge on any atom is 0.137 e. The Morgan fingerprint density at radius 2 is 1.82 bits per heavy atom. The maximum atomic E-state index is 13.0. The van der Waals surface area contributed by atoms with Gasteiger partial charge in [-0.05, 0) is 54.2 Å². The molecule has 4 atom stereocenters. The first kappa shape index (κ1) is 18.1. The van der Waals surface area contributed by atoms with Gasteiger partial charge < -0.3 is 0 Å². The molecule has 3 heteroatoms. The van der Waals surface area contributed by atoms with Crippen LogP contribution in [-0.4, -0.2) is 10.8 Å². The van der Waals surface area contributed by atoms with Crippen molar-refractivity contribution < 1.29 is 4.79 Å². The molecule has 0 unspecified atom stereocenters. The number of carbonyl (C=O) groups is 1. The monoisotopic (exact) mass is 389 g/mol. The molecule has 3 aliphatic carbocycles. The molecule has 0 aliphatic heterocycles. The highest BCUT2D eigenvalue weighted by atomic mass is 32.1.